The second-order valence-electron chi connectivity index (χ2n) is 5.13. The predicted octanol–water partition coefficient (Wildman–Crippen LogP) is 2.22. The van der Waals surface area contributed by atoms with Gasteiger partial charge >= 0.3 is 0 Å². The SMILES string of the molecule is Cn1cccc1C(O)CCNS(=O)(=O)Cc1cccc(Cl)c1. The van der Waals surface area contributed by atoms with E-state index in [2.05, 4.69) is 4.72 Å². The zero-order valence-electron chi connectivity index (χ0n) is 12.2. The Morgan fingerprint density at radius 2 is 2.09 bits per heavy atom. The highest BCUT2D eigenvalue weighted by atomic mass is 35.5. The summed E-state index contributed by atoms with van der Waals surface area (Å²) in [6.07, 6.45) is 1.45. The Labute approximate surface area is 135 Å². The van der Waals surface area contributed by atoms with E-state index in [-0.39, 0.29) is 12.3 Å². The molecule has 1 atom stereocenters. The number of aliphatic hydroxyl groups excluding tert-OH is 1. The van der Waals surface area contributed by atoms with Gasteiger partial charge < -0.3 is 9.67 Å². The molecule has 7 heteroatoms. The van der Waals surface area contributed by atoms with Gasteiger partial charge in [0.1, 0.15) is 0 Å². The van der Waals surface area contributed by atoms with Gasteiger partial charge in [-0.3, -0.25) is 0 Å². The Kier molecular flexibility index (Phi) is 5.63. The van der Waals surface area contributed by atoms with Gasteiger partial charge in [0.2, 0.25) is 10.0 Å². The van der Waals surface area contributed by atoms with E-state index in [9.17, 15) is 13.5 Å². The molecular weight excluding hydrogens is 324 g/mol. The van der Waals surface area contributed by atoms with Crippen LogP contribution in [0.3, 0.4) is 0 Å². The van der Waals surface area contributed by atoms with Crippen molar-refractivity contribution in [3.63, 3.8) is 0 Å². The minimum Gasteiger partial charge on any atom is -0.387 e. The van der Waals surface area contributed by atoms with Gasteiger partial charge in [0.25, 0.3) is 0 Å². The van der Waals surface area contributed by atoms with E-state index in [1.165, 1.54) is 0 Å². The molecule has 1 heterocycles. The molecule has 1 aromatic heterocycles. The fraction of sp³-hybridized carbons (Fsp3) is 0.333. The summed E-state index contributed by atoms with van der Waals surface area (Å²) in [5, 5.41) is 10.5. The molecule has 0 amide bonds. The van der Waals surface area contributed by atoms with Gasteiger partial charge in [-0.1, -0.05) is 23.7 Å². The van der Waals surface area contributed by atoms with Crippen LogP contribution in [0.2, 0.25) is 5.02 Å². The first kappa shape index (κ1) is 17.0. The Balaban J connectivity index is 1.86. The fourth-order valence-corrected chi connectivity index (χ4v) is 3.58. The van der Waals surface area contributed by atoms with Crippen LogP contribution in [-0.2, 0) is 22.8 Å². The predicted molar refractivity (Wildman–Crippen MR) is 87.1 cm³/mol. The first-order chi connectivity index (χ1) is 10.4. The lowest BCUT2D eigenvalue weighted by Crippen LogP contribution is -2.27. The highest BCUT2D eigenvalue weighted by Gasteiger charge is 2.14. The minimum absolute atomic E-state index is 0.131. The second kappa shape index (κ2) is 7.28. The number of hydrogen-bond donors (Lipinski definition) is 2. The first-order valence-corrected chi connectivity index (χ1v) is 8.91. The van der Waals surface area contributed by atoms with Gasteiger partial charge in [0.15, 0.2) is 0 Å². The van der Waals surface area contributed by atoms with Crippen LogP contribution in [-0.4, -0.2) is 24.6 Å². The van der Waals surface area contributed by atoms with Crippen molar-refractivity contribution in [1.82, 2.24) is 9.29 Å². The zero-order chi connectivity index (χ0) is 16.2. The van der Waals surface area contributed by atoms with E-state index in [1.807, 2.05) is 29.9 Å². The number of aliphatic hydroxyl groups is 1. The van der Waals surface area contributed by atoms with Crippen molar-refractivity contribution in [2.24, 2.45) is 7.05 Å². The van der Waals surface area contributed by atoms with Crippen molar-refractivity contribution in [3.05, 3.63) is 58.9 Å². The molecule has 120 valence electrons. The zero-order valence-corrected chi connectivity index (χ0v) is 13.8. The van der Waals surface area contributed by atoms with Crippen LogP contribution in [0.4, 0.5) is 0 Å². The van der Waals surface area contributed by atoms with Crippen molar-refractivity contribution < 1.29 is 13.5 Å². The maximum Gasteiger partial charge on any atom is 0.215 e. The summed E-state index contributed by atoms with van der Waals surface area (Å²) in [5.74, 6) is -0.131. The van der Waals surface area contributed by atoms with Crippen molar-refractivity contribution >= 4 is 21.6 Å². The number of rotatable bonds is 7. The quantitative estimate of drug-likeness (QED) is 0.810. The van der Waals surface area contributed by atoms with Gasteiger partial charge in [0, 0.05) is 30.5 Å². The standard InChI is InChI=1S/C15H19ClN2O3S/c1-18-9-3-6-14(18)15(19)7-8-17-22(20,21)11-12-4-2-5-13(16)10-12/h2-6,9-10,15,17,19H,7-8,11H2,1H3. The largest absolute Gasteiger partial charge is 0.387 e. The van der Waals surface area contributed by atoms with Crippen LogP contribution in [0.1, 0.15) is 23.8 Å². The van der Waals surface area contributed by atoms with Crippen molar-refractivity contribution in [2.45, 2.75) is 18.3 Å². The average Bonchev–Trinajstić information content (AvgIpc) is 2.84. The van der Waals surface area contributed by atoms with Crippen molar-refractivity contribution in [1.29, 1.82) is 0 Å². The highest BCUT2D eigenvalue weighted by Crippen LogP contribution is 2.16. The van der Waals surface area contributed by atoms with E-state index < -0.39 is 16.1 Å². The molecule has 2 aromatic rings. The van der Waals surface area contributed by atoms with Crippen LogP contribution < -0.4 is 4.72 Å². The van der Waals surface area contributed by atoms with Gasteiger partial charge in [-0.25, -0.2) is 13.1 Å². The molecule has 2 N–H and O–H groups in total. The molecule has 2 rings (SSSR count). The number of nitrogens with zero attached hydrogens (tertiary/aromatic N) is 1. The molecule has 0 spiro atoms. The van der Waals surface area contributed by atoms with Crippen LogP contribution in [0.5, 0.6) is 0 Å². The third kappa shape index (κ3) is 4.84. The number of nitrogens with one attached hydrogen (secondary N) is 1. The van der Waals surface area contributed by atoms with E-state index in [4.69, 9.17) is 11.6 Å². The molecule has 1 unspecified atom stereocenters. The lowest BCUT2D eigenvalue weighted by molar-refractivity contribution is 0.161. The number of aromatic nitrogens is 1. The fourth-order valence-electron chi connectivity index (χ4n) is 2.22. The highest BCUT2D eigenvalue weighted by molar-refractivity contribution is 7.88. The Morgan fingerprint density at radius 3 is 2.73 bits per heavy atom. The lowest BCUT2D eigenvalue weighted by Gasteiger charge is -2.13. The van der Waals surface area contributed by atoms with Gasteiger partial charge in [0.05, 0.1) is 11.9 Å². The van der Waals surface area contributed by atoms with E-state index in [0.717, 1.165) is 5.69 Å². The minimum atomic E-state index is -3.45. The molecule has 0 aliphatic rings. The Hall–Kier alpha value is -1.34. The molecule has 0 fully saturated rings. The molecule has 0 aliphatic heterocycles. The molecule has 22 heavy (non-hydrogen) atoms. The smallest absolute Gasteiger partial charge is 0.215 e. The van der Waals surface area contributed by atoms with Gasteiger partial charge in [-0.15, -0.1) is 0 Å². The first-order valence-electron chi connectivity index (χ1n) is 6.88. The molecule has 0 bridgehead atoms. The molecule has 0 saturated heterocycles. The van der Waals surface area contributed by atoms with Crippen LogP contribution in [0.25, 0.3) is 0 Å². The van der Waals surface area contributed by atoms with Crippen molar-refractivity contribution in [3.8, 4) is 0 Å². The van der Waals surface area contributed by atoms with E-state index >= 15 is 0 Å². The second-order valence-corrected chi connectivity index (χ2v) is 7.38. The van der Waals surface area contributed by atoms with Crippen molar-refractivity contribution in [2.75, 3.05) is 6.54 Å². The van der Waals surface area contributed by atoms with E-state index in [0.29, 0.717) is 17.0 Å². The molecular formula is C15H19ClN2O3S. The van der Waals surface area contributed by atoms with E-state index in [1.54, 1.807) is 24.3 Å². The summed E-state index contributed by atoms with van der Waals surface area (Å²) in [6, 6.07) is 10.4. The monoisotopic (exact) mass is 342 g/mol. The Bertz CT molecular complexity index is 728. The van der Waals surface area contributed by atoms with Gasteiger partial charge in [-0.05, 0) is 36.2 Å². The maximum atomic E-state index is 12.0. The number of sulfonamides is 1. The maximum absolute atomic E-state index is 12.0. The molecule has 0 radical (unpaired) electrons. The lowest BCUT2D eigenvalue weighted by atomic mass is 10.2. The van der Waals surface area contributed by atoms with Crippen LogP contribution in [0.15, 0.2) is 42.6 Å². The van der Waals surface area contributed by atoms with Crippen LogP contribution in [0, 0.1) is 0 Å². The summed E-state index contributed by atoms with van der Waals surface area (Å²) in [6.45, 7) is 0.176. The summed E-state index contributed by atoms with van der Waals surface area (Å²) in [7, 11) is -1.62. The summed E-state index contributed by atoms with van der Waals surface area (Å²) in [5.41, 5.74) is 1.39. The van der Waals surface area contributed by atoms with Gasteiger partial charge in [-0.2, -0.15) is 0 Å². The summed E-state index contributed by atoms with van der Waals surface area (Å²) in [4.78, 5) is 0. The third-order valence-electron chi connectivity index (χ3n) is 3.31. The number of aryl methyl sites for hydroxylation is 1. The van der Waals surface area contributed by atoms with Crippen LogP contribution >= 0.6 is 11.6 Å². The number of benzene rings is 1. The molecule has 1 aromatic carbocycles. The topological polar surface area (TPSA) is 71.3 Å². The molecule has 0 saturated carbocycles. The Morgan fingerprint density at radius 1 is 1.32 bits per heavy atom. The average molecular weight is 343 g/mol. The molecule has 0 aliphatic carbocycles. The summed E-state index contributed by atoms with van der Waals surface area (Å²) >= 11 is 5.84. The normalized spacial score (nSPS) is 13.2. The third-order valence-corrected chi connectivity index (χ3v) is 4.90. The molecule has 5 nitrogen and oxygen atoms in total. The number of hydrogen-bond acceptors (Lipinski definition) is 3. The number of halogens is 1. The summed E-state index contributed by atoms with van der Waals surface area (Å²) < 4.78 is 28.3.